The largest absolute Gasteiger partial charge is 0.345 e. The molecule has 0 atom stereocenters. The fourth-order valence-corrected chi connectivity index (χ4v) is 4.76. The highest BCUT2D eigenvalue weighted by molar-refractivity contribution is 7.90. The van der Waals surface area contributed by atoms with Crippen molar-refractivity contribution in [2.24, 2.45) is 0 Å². The molecule has 0 aliphatic rings. The number of halogens is 2. The predicted molar refractivity (Wildman–Crippen MR) is 132 cm³/mol. The van der Waals surface area contributed by atoms with Gasteiger partial charge in [-0.2, -0.15) is 17.8 Å². The summed E-state index contributed by atoms with van der Waals surface area (Å²) in [5.74, 6) is -3.38. The Bertz CT molecular complexity index is 1750. The van der Waals surface area contributed by atoms with Crippen LogP contribution in [0.2, 0.25) is 0 Å². The second kappa shape index (κ2) is 8.81. The number of carbonyl (C=O) groups is 1. The minimum absolute atomic E-state index is 0.00884. The van der Waals surface area contributed by atoms with Crippen molar-refractivity contribution >= 4 is 43.6 Å². The van der Waals surface area contributed by atoms with Crippen LogP contribution in [0.5, 0.6) is 0 Å². The van der Waals surface area contributed by atoms with Gasteiger partial charge in [-0.25, -0.2) is 13.8 Å². The number of fused-ring (bicyclic) bond motifs is 2. The van der Waals surface area contributed by atoms with Crippen LogP contribution < -0.4 is 4.72 Å². The summed E-state index contributed by atoms with van der Waals surface area (Å²) in [6, 6.07) is 9.11. The van der Waals surface area contributed by atoms with E-state index in [4.69, 9.17) is 0 Å². The molecule has 12 heteroatoms. The Morgan fingerprint density at radius 1 is 1.11 bits per heavy atom. The monoisotopic (exact) mass is 510 g/mol. The highest BCUT2D eigenvalue weighted by Crippen LogP contribution is 2.30. The first-order valence-electron chi connectivity index (χ1n) is 10.9. The van der Waals surface area contributed by atoms with Crippen LogP contribution in [0.4, 0.5) is 14.5 Å². The Morgan fingerprint density at radius 3 is 2.69 bits per heavy atom. The van der Waals surface area contributed by atoms with Gasteiger partial charge in [-0.15, -0.1) is 0 Å². The van der Waals surface area contributed by atoms with Gasteiger partial charge in [-0.1, -0.05) is 19.1 Å². The van der Waals surface area contributed by atoms with E-state index in [1.54, 1.807) is 25.4 Å². The number of carbonyl (C=O) groups excluding carboxylic acids is 1. The van der Waals surface area contributed by atoms with Gasteiger partial charge in [-0.3, -0.25) is 14.6 Å². The molecule has 0 unspecified atom stereocenters. The van der Waals surface area contributed by atoms with E-state index in [9.17, 15) is 17.6 Å². The lowest BCUT2D eigenvalue weighted by Crippen LogP contribution is -2.32. The molecule has 0 bridgehead atoms. The maximum atomic E-state index is 15.3. The molecule has 3 N–H and O–H groups in total. The molecule has 3 heterocycles. The molecule has 9 nitrogen and oxygen atoms in total. The molecular weight excluding hydrogens is 490 g/mol. The zero-order chi connectivity index (χ0) is 25.6. The van der Waals surface area contributed by atoms with E-state index in [1.807, 2.05) is 18.2 Å². The van der Waals surface area contributed by atoms with Crippen LogP contribution >= 0.6 is 0 Å². The predicted octanol–water partition coefficient (Wildman–Crippen LogP) is 4.22. The van der Waals surface area contributed by atoms with Crippen LogP contribution in [0.15, 0.2) is 55.0 Å². The van der Waals surface area contributed by atoms with E-state index in [0.717, 1.165) is 32.9 Å². The molecule has 0 amide bonds. The number of anilines is 1. The van der Waals surface area contributed by atoms with E-state index in [0.29, 0.717) is 16.6 Å². The number of aromatic nitrogens is 4. The Morgan fingerprint density at radius 2 is 1.92 bits per heavy atom. The number of nitrogens with one attached hydrogen (secondary N) is 3. The molecule has 0 aliphatic heterocycles. The lowest BCUT2D eigenvalue weighted by atomic mass is 9.99. The normalized spacial score (nSPS) is 12.0. The first-order chi connectivity index (χ1) is 17.2. The Hall–Kier alpha value is -4.16. The zero-order valence-corrected chi connectivity index (χ0v) is 20.0. The molecule has 0 aliphatic carbocycles. The summed E-state index contributed by atoms with van der Waals surface area (Å²) < 4.78 is 57.7. The number of aromatic amines is 2. The second-order valence-corrected chi connectivity index (χ2v) is 9.91. The summed E-state index contributed by atoms with van der Waals surface area (Å²) >= 11 is 0. The van der Waals surface area contributed by atoms with Crippen LogP contribution in [0, 0.1) is 11.6 Å². The van der Waals surface area contributed by atoms with Crippen molar-refractivity contribution in [2.75, 3.05) is 18.3 Å². The van der Waals surface area contributed by atoms with Crippen LogP contribution in [-0.4, -0.2) is 52.3 Å². The highest BCUT2D eigenvalue weighted by atomic mass is 32.2. The highest BCUT2D eigenvalue weighted by Gasteiger charge is 2.27. The third-order valence-electron chi connectivity index (χ3n) is 5.96. The van der Waals surface area contributed by atoms with Crippen LogP contribution in [-0.2, 0) is 10.2 Å². The summed E-state index contributed by atoms with van der Waals surface area (Å²) in [5.41, 5.74) is 1.23. The van der Waals surface area contributed by atoms with E-state index in [2.05, 4.69) is 24.9 Å². The lowest BCUT2D eigenvalue weighted by Gasteiger charge is -2.17. The molecule has 5 rings (SSSR count). The number of benzene rings is 2. The van der Waals surface area contributed by atoms with Crippen molar-refractivity contribution in [3.05, 3.63) is 77.8 Å². The summed E-state index contributed by atoms with van der Waals surface area (Å²) in [6.45, 7) is 1.73. The molecule has 3 aromatic heterocycles. The molecular formula is C24H20F2N6O3S. The van der Waals surface area contributed by atoms with Crippen molar-refractivity contribution in [1.82, 2.24) is 24.5 Å². The van der Waals surface area contributed by atoms with Gasteiger partial charge in [0.2, 0.25) is 5.78 Å². The smallest absolute Gasteiger partial charge is 0.301 e. The summed E-state index contributed by atoms with van der Waals surface area (Å²) in [5, 5.41) is 8.18. The lowest BCUT2D eigenvalue weighted by molar-refractivity contribution is 0.103. The van der Waals surface area contributed by atoms with Gasteiger partial charge in [0, 0.05) is 47.9 Å². The SMILES string of the molecule is CCN(C)S(=O)(=O)Nc1ccc(F)c(C(=O)c2c[nH]c3ncc(-c4ccc5cn[nH]c5c4)cc23)c1F. The van der Waals surface area contributed by atoms with Crippen LogP contribution in [0.3, 0.4) is 0 Å². The van der Waals surface area contributed by atoms with Crippen molar-refractivity contribution in [3.63, 3.8) is 0 Å². The molecule has 0 radical (unpaired) electrons. The molecule has 0 saturated heterocycles. The Balaban J connectivity index is 1.57. The van der Waals surface area contributed by atoms with Crippen LogP contribution in [0.25, 0.3) is 33.1 Å². The van der Waals surface area contributed by atoms with Gasteiger partial charge in [-0.05, 0) is 29.8 Å². The van der Waals surface area contributed by atoms with E-state index < -0.39 is 38.9 Å². The van der Waals surface area contributed by atoms with Gasteiger partial charge in [0.15, 0.2) is 5.82 Å². The summed E-state index contributed by atoms with van der Waals surface area (Å²) in [7, 11) is -2.79. The van der Waals surface area contributed by atoms with Crippen molar-refractivity contribution < 1.29 is 22.0 Å². The van der Waals surface area contributed by atoms with Gasteiger partial charge < -0.3 is 4.98 Å². The number of rotatable bonds is 7. The fourth-order valence-electron chi connectivity index (χ4n) is 3.83. The third-order valence-corrected chi connectivity index (χ3v) is 7.52. The maximum Gasteiger partial charge on any atom is 0.301 e. The Kier molecular flexibility index (Phi) is 5.77. The van der Waals surface area contributed by atoms with Gasteiger partial charge in [0.05, 0.1) is 23.0 Å². The standard InChI is InChI=1S/C24H20F2N6O3S/c1-3-32(2)36(34,35)31-19-7-6-18(25)21(22(19)26)23(33)17-12-28-24-16(17)8-15(10-27-24)13-4-5-14-11-29-30-20(14)9-13/h4-12,31H,3H2,1-2H3,(H,27,28)(H,29,30). The topological polar surface area (TPSA) is 124 Å². The first kappa shape index (κ1) is 23.6. The Labute approximate surface area is 204 Å². The average Bonchev–Trinajstić information content (AvgIpc) is 3.51. The molecule has 0 spiro atoms. The number of pyridine rings is 1. The molecule has 0 fully saturated rings. The minimum Gasteiger partial charge on any atom is -0.345 e. The minimum atomic E-state index is -4.09. The summed E-state index contributed by atoms with van der Waals surface area (Å²) in [4.78, 5) is 20.5. The number of ketones is 1. The molecule has 184 valence electrons. The second-order valence-electron chi connectivity index (χ2n) is 8.13. The van der Waals surface area contributed by atoms with Gasteiger partial charge >= 0.3 is 10.2 Å². The first-order valence-corrected chi connectivity index (χ1v) is 12.3. The molecule has 36 heavy (non-hydrogen) atoms. The molecule has 0 saturated carbocycles. The number of hydrogen-bond donors (Lipinski definition) is 3. The summed E-state index contributed by atoms with van der Waals surface area (Å²) in [6.07, 6.45) is 4.63. The van der Waals surface area contributed by atoms with Crippen molar-refractivity contribution in [2.45, 2.75) is 6.92 Å². The number of hydrogen-bond acceptors (Lipinski definition) is 5. The molecule has 2 aromatic carbocycles. The van der Waals surface area contributed by atoms with E-state index in [-0.39, 0.29) is 12.1 Å². The molecule has 5 aromatic rings. The van der Waals surface area contributed by atoms with Crippen LogP contribution in [0.1, 0.15) is 22.8 Å². The van der Waals surface area contributed by atoms with Crippen molar-refractivity contribution in [3.8, 4) is 11.1 Å². The maximum absolute atomic E-state index is 15.3. The van der Waals surface area contributed by atoms with E-state index >= 15 is 4.39 Å². The van der Waals surface area contributed by atoms with E-state index in [1.165, 1.54) is 13.2 Å². The average molecular weight is 511 g/mol. The quantitative estimate of drug-likeness (QED) is 0.283. The third kappa shape index (κ3) is 3.99. The fraction of sp³-hybridized carbons (Fsp3) is 0.125. The zero-order valence-electron chi connectivity index (χ0n) is 19.1. The van der Waals surface area contributed by atoms with Gasteiger partial charge in [0.25, 0.3) is 0 Å². The number of H-pyrrole nitrogens is 2. The van der Waals surface area contributed by atoms with Gasteiger partial charge in [0.1, 0.15) is 11.5 Å². The van der Waals surface area contributed by atoms with Crippen molar-refractivity contribution in [1.29, 1.82) is 0 Å². The number of nitrogens with zero attached hydrogens (tertiary/aromatic N) is 3.